The molecule has 0 unspecified atom stereocenters. The molecule has 0 aliphatic rings. The van der Waals surface area contributed by atoms with Crippen LogP contribution in [0.4, 0.5) is 13.2 Å². The Kier molecular flexibility index (Phi) is 6.62. The van der Waals surface area contributed by atoms with Crippen molar-refractivity contribution < 1.29 is 23.1 Å². The molecule has 0 fully saturated rings. The fourth-order valence-corrected chi connectivity index (χ4v) is 2.85. The number of carboxylic acids is 1. The van der Waals surface area contributed by atoms with Crippen LogP contribution >= 0.6 is 12.4 Å². The number of nitrogens with two attached hydrogens (primary N) is 1. The molecule has 0 saturated carbocycles. The highest BCUT2D eigenvalue weighted by Crippen LogP contribution is 2.35. The number of hydrogen-bond donors (Lipinski definition) is 2. The second-order valence-corrected chi connectivity index (χ2v) is 5.93. The quantitative estimate of drug-likeness (QED) is 0.823. The van der Waals surface area contributed by atoms with Gasteiger partial charge in [-0.1, -0.05) is 6.07 Å². The minimum atomic E-state index is -1.37. The Labute approximate surface area is 150 Å². The van der Waals surface area contributed by atoms with Crippen molar-refractivity contribution in [3.8, 4) is 11.1 Å². The number of aliphatic carboxylic acids is 1. The molecule has 0 spiro atoms. The number of carboxylic acid groups (broad SMARTS) is 1. The van der Waals surface area contributed by atoms with Gasteiger partial charge in [0.15, 0.2) is 0 Å². The summed E-state index contributed by atoms with van der Waals surface area (Å²) in [5.74, 6) is -3.84. The zero-order valence-electron chi connectivity index (χ0n) is 14.0. The van der Waals surface area contributed by atoms with Crippen molar-refractivity contribution in [3.63, 3.8) is 0 Å². The van der Waals surface area contributed by atoms with Gasteiger partial charge in [-0.3, -0.25) is 4.79 Å². The molecule has 3 nitrogen and oxygen atoms in total. The Hall–Kier alpha value is -2.05. The molecule has 136 valence electrons. The SMILES string of the molecule is Cc1cc(C)c(-c2cc(C)c(F)c([C@@H](N)CC(=O)O)c2F)c(F)c1.Cl. The second kappa shape index (κ2) is 7.89. The molecule has 0 aromatic heterocycles. The summed E-state index contributed by atoms with van der Waals surface area (Å²) in [4.78, 5) is 10.8. The number of benzene rings is 2. The normalized spacial score (nSPS) is 11.8. The van der Waals surface area contributed by atoms with Crippen LogP contribution in [-0.2, 0) is 4.79 Å². The van der Waals surface area contributed by atoms with E-state index in [0.717, 1.165) is 0 Å². The molecule has 2 aromatic carbocycles. The Morgan fingerprint density at radius 1 is 1.08 bits per heavy atom. The smallest absolute Gasteiger partial charge is 0.305 e. The summed E-state index contributed by atoms with van der Waals surface area (Å²) >= 11 is 0. The van der Waals surface area contributed by atoms with E-state index in [0.29, 0.717) is 11.1 Å². The summed E-state index contributed by atoms with van der Waals surface area (Å²) in [6, 6.07) is 2.79. The van der Waals surface area contributed by atoms with Gasteiger partial charge in [0.05, 0.1) is 6.42 Å². The molecule has 0 bridgehead atoms. The molecule has 3 N–H and O–H groups in total. The summed E-state index contributed by atoms with van der Waals surface area (Å²) in [5, 5.41) is 8.82. The number of aryl methyl sites for hydroxylation is 3. The predicted octanol–water partition coefficient (Wildman–Crippen LogP) is 4.59. The summed E-state index contributed by atoms with van der Waals surface area (Å²) in [7, 11) is 0. The van der Waals surface area contributed by atoms with Crippen LogP contribution < -0.4 is 5.73 Å². The van der Waals surface area contributed by atoms with Crippen molar-refractivity contribution >= 4 is 18.4 Å². The minimum Gasteiger partial charge on any atom is -0.481 e. The van der Waals surface area contributed by atoms with Crippen LogP contribution in [0.1, 0.15) is 34.7 Å². The molecule has 0 radical (unpaired) electrons. The average Bonchev–Trinajstić information content (AvgIpc) is 2.42. The molecule has 0 amide bonds. The summed E-state index contributed by atoms with van der Waals surface area (Å²) in [6.45, 7) is 4.73. The Balaban J connectivity index is 0.00000312. The van der Waals surface area contributed by atoms with E-state index in [9.17, 15) is 18.0 Å². The van der Waals surface area contributed by atoms with Gasteiger partial charge in [-0.05, 0) is 49.6 Å². The van der Waals surface area contributed by atoms with Gasteiger partial charge >= 0.3 is 5.97 Å². The van der Waals surface area contributed by atoms with Crippen molar-refractivity contribution in [1.29, 1.82) is 0 Å². The van der Waals surface area contributed by atoms with Crippen molar-refractivity contribution in [1.82, 2.24) is 0 Å². The zero-order valence-corrected chi connectivity index (χ0v) is 14.8. The fourth-order valence-electron chi connectivity index (χ4n) is 2.85. The number of rotatable bonds is 4. The van der Waals surface area contributed by atoms with Crippen LogP contribution in [0.15, 0.2) is 18.2 Å². The molecule has 2 rings (SSSR count). The lowest BCUT2D eigenvalue weighted by molar-refractivity contribution is -0.137. The van der Waals surface area contributed by atoms with Crippen LogP contribution in [0.5, 0.6) is 0 Å². The highest BCUT2D eigenvalue weighted by atomic mass is 35.5. The van der Waals surface area contributed by atoms with Crippen LogP contribution in [-0.4, -0.2) is 11.1 Å². The highest BCUT2D eigenvalue weighted by Gasteiger charge is 2.26. The van der Waals surface area contributed by atoms with E-state index >= 15 is 0 Å². The van der Waals surface area contributed by atoms with E-state index in [-0.39, 0.29) is 29.1 Å². The fraction of sp³-hybridized carbons (Fsp3) is 0.278. The van der Waals surface area contributed by atoms with Crippen LogP contribution in [0.2, 0.25) is 0 Å². The minimum absolute atomic E-state index is 0. The predicted molar refractivity (Wildman–Crippen MR) is 92.4 cm³/mol. The van der Waals surface area contributed by atoms with Gasteiger partial charge in [0, 0.05) is 22.7 Å². The van der Waals surface area contributed by atoms with Gasteiger partial charge in [0.25, 0.3) is 0 Å². The lowest BCUT2D eigenvalue weighted by Crippen LogP contribution is -2.19. The first-order valence-corrected chi connectivity index (χ1v) is 7.36. The maximum atomic E-state index is 14.9. The van der Waals surface area contributed by atoms with Gasteiger partial charge in [0.2, 0.25) is 0 Å². The monoisotopic (exact) mass is 373 g/mol. The summed E-state index contributed by atoms with van der Waals surface area (Å²) in [6.07, 6.45) is -0.633. The summed E-state index contributed by atoms with van der Waals surface area (Å²) in [5.41, 5.74) is 6.26. The number of carbonyl (C=O) groups is 1. The first-order chi connectivity index (χ1) is 11.1. The van der Waals surface area contributed by atoms with Gasteiger partial charge < -0.3 is 10.8 Å². The molecule has 7 heteroatoms. The van der Waals surface area contributed by atoms with E-state index in [2.05, 4.69) is 0 Å². The average molecular weight is 374 g/mol. The van der Waals surface area contributed by atoms with Crippen molar-refractivity contribution in [2.24, 2.45) is 5.73 Å². The van der Waals surface area contributed by atoms with Crippen LogP contribution in [0, 0.1) is 38.2 Å². The topological polar surface area (TPSA) is 63.3 Å². The Morgan fingerprint density at radius 2 is 1.68 bits per heavy atom. The van der Waals surface area contributed by atoms with Crippen LogP contribution in [0.3, 0.4) is 0 Å². The standard InChI is InChI=1S/C18H18F3NO2.ClH/c1-8-4-9(2)15(12(19)5-8)11-6-10(3)17(20)16(18(11)21)13(22)7-14(23)24;/h4-6,13H,7,22H2,1-3H3,(H,23,24);1H/t13-;/m0./s1. The van der Waals surface area contributed by atoms with E-state index < -0.39 is 41.4 Å². The first-order valence-electron chi connectivity index (χ1n) is 7.36. The van der Waals surface area contributed by atoms with Crippen molar-refractivity contribution in [2.75, 3.05) is 0 Å². The second-order valence-electron chi connectivity index (χ2n) is 5.93. The van der Waals surface area contributed by atoms with Crippen molar-refractivity contribution in [3.05, 3.63) is 57.9 Å². The maximum Gasteiger partial charge on any atom is 0.305 e. The molecular weight excluding hydrogens is 355 g/mol. The van der Waals surface area contributed by atoms with Crippen LogP contribution in [0.25, 0.3) is 11.1 Å². The number of halogens is 4. The molecular formula is C18H19ClF3NO2. The molecule has 0 heterocycles. The van der Waals surface area contributed by atoms with E-state index in [1.165, 1.54) is 19.1 Å². The van der Waals surface area contributed by atoms with E-state index in [1.807, 2.05) is 0 Å². The molecule has 0 aliphatic heterocycles. The molecule has 1 atom stereocenters. The Bertz CT molecular complexity index is 801. The van der Waals surface area contributed by atoms with Gasteiger partial charge in [-0.2, -0.15) is 0 Å². The van der Waals surface area contributed by atoms with Gasteiger partial charge in [0.1, 0.15) is 17.5 Å². The third-order valence-corrected chi connectivity index (χ3v) is 3.88. The highest BCUT2D eigenvalue weighted by molar-refractivity contribution is 5.85. The maximum absolute atomic E-state index is 14.9. The molecule has 0 saturated heterocycles. The van der Waals surface area contributed by atoms with Gasteiger partial charge in [-0.25, -0.2) is 13.2 Å². The van der Waals surface area contributed by atoms with E-state index in [4.69, 9.17) is 10.8 Å². The van der Waals surface area contributed by atoms with Crippen molar-refractivity contribution in [2.45, 2.75) is 33.2 Å². The lowest BCUT2D eigenvalue weighted by atomic mass is 9.91. The molecule has 2 aromatic rings. The largest absolute Gasteiger partial charge is 0.481 e. The molecule has 0 aliphatic carbocycles. The van der Waals surface area contributed by atoms with Gasteiger partial charge in [-0.15, -0.1) is 12.4 Å². The molecule has 25 heavy (non-hydrogen) atoms. The number of hydrogen-bond acceptors (Lipinski definition) is 2. The van der Waals surface area contributed by atoms with E-state index in [1.54, 1.807) is 19.9 Å². The Morgan fingerprint density at radius 3 is 2.20 bits per heavy atom. The summed E-state index contributed by atoms with van der Waals surface area (Å²) < 4.78 is 43.6. The third kappa shape index (κ3) is 4.14. The zero-order chi connectivity index (χ0) is 18.2. The first kappa shape index (κ1) is 21.0. The third-order valence-electron chi connectivity index (χ3n) is 3.88. The lowest BCUT2D eigenvalue weighted by Gasteiger charge is -2.18.